The van der Waals surface area contributed by atoms with E-state index in [1.807, 2.05) is 0 Å². The zero-order chi connectivity index (χ0) is 17.0. The second kappa shape index (κ2) is 8.68. The summed E-state index contributed by atoms with van der Waals surface area (Å²) in [6.45, 7) is 2.08. The van der Waals surface area contributed by atoms with E-state index in [1.165, 1.54) is 0 Å². The minimum atomic E-state index is -4.89. The molecule has 1 heterocycles. The van der Waals surface area contributed by atoms with Crippen molar-refractivity contribution in [2.45, 2.75) is 25.3 Å². The van der Waals surface area contributed by atoms with Crippen molar-refractivity contribution in [1.29, 1.82) is 0 Å². The lowest BCUT2D eigenvalue weighted by molar-refractivity contribution is -0.274. The van der Waals surface area contributed by atoms with Gasteiger partial charge in [0.1, 0.15) is 11.5 Å². The number of hydrogen-bond acceptors (Lipinski definition) is 4. The van der Waals surface area contributed by atoms with Crippen LogP contribution in [0.4, 0.5) is 22.0 Å². The Bertz CT molecular complexity index is 524. The van der Waals surface area contributed by atoms with Gasteiger partial charge in [-0.2, -0.15) is 0 Å². The molecule has 4 nitrogen and oxygen atoms in total. The molecule has 1 aromatic carbocycles. The first-order valence-corrected chi connectivity index (χ1v) is 7.08. The summed E-state index contributed by atoms with van der Waals surface area (Å²) in [7, 11) is 0. The molecule has 1 atom stereocenters. The Morgan fingerprint density at radius 3 is 2.38 bits per heavy atom. The SMILES string of the molecule is Cl.Oc1ccc(OC(F)(F)F)cc1[C@H](CC(F)F)N1CCNCC1. The molecular weight excluding hydrogens is 359 g/mol. The van der Waals surface area contributed by atoms with E-state index >= 15 is 0 Å². The monoisotopic (exact) mass is 376 g/mol. The summed E-state index contributed by atoms with van der Waals surface area (Å²) in [4.78, 5) is 1.72. The maximum absolute atomic E-state index is 12.9. The smallest absolute Gasteiger partial charge is 0.508 e. The molecular formula is C14H18ClF5N2O2. The summed E-state index contributed by atoms with van der Waals surface area (Å²) in [5.74, 6) is -0.872. The largest absolute Gasteiger partial charge is 0.573 e. The molecule has 24 heavy (non-hydrogen) atoms. The predicted octanol–water partition coefficient (Wildman–Crippen LogP) is 3.31. The van der Waals surface area contributed by atoms with Gasteiger partial charge in [0.15, 0.2) is 0 Å². The number of hydrogen-bond donors (Lipinski definition) is 2. The van der Waals surface area contributed by atoms with Crippen LogP contribution < -0.4 is 10.1 Å². The van der Waals surface area contributed by atoms with Crippen LogP contribution in [-0.2, 0) is 0 Å². The molecule has 10 heteroatoms. The summed E-state index contributed by atoms with van der Waals surface area (Å²) in [5, 5.41) is 13.0. The van der Waals surface area contributed by atoms with Crippen LogP contribution >= 0.6 is 12.4 Å². The van der Waals surface area contributed by atoms with Crippen molar-refractivity contribution in [3.63, 3.8) is 0 Å². The number of alkyl halides is 5. The molecule has 0 saturated carbocycles. The Balaban J connectivity index is 0.00000288. The number of ether oxygens (including phenoxy) is 1. The van der Waals surface area contributed by atoms with Gasteiger partial charge in [-0.3, -0.25) is 4.90 Å². The fraction of sp³-hybridized carbons (Fsp3) is 0.571. The summed E-state index contributed by atoms with van der Waals surface area (Å²) >= 11 is 0. The van der Waals surface area contributed by atoms with Gasteiger partial charge >= 0.3 is 6.36 Å². The van der Waals surface area contributed by atoms with Crippen LogP contribution in [0.25, 0.3) is 0 Å². The average Bonchev–Trinajstić information content (AvgIpc) is 2.46. The molecule has 2 rings (SSSR count). The molecule has 0 aromatic heterocycles. The van der Waals surface area contributed by atoms with E-state index < -0.39 is 31.0 Å². The van der Waals surface area contributed by atoms with Gasteiger partial charge in [0, 0.05) is 44.2 Å². The lowest BCUT2D eigenvalue weighted by Gasteiger charge is -2.35. The quantitative estimate of drug-likeness (QED) is 0.774. The summed E-state index contributed by atoms with van der Waals surface area (Å²) in [6.07, 6.45) is -8.12. The van der Waals surface area contributed by atoms with Crippen LogP contribution in [0.5, 0.6) is 11.5 Å². The summed E-state index contributed by atoms with van der Waals surface area (Å²) in [6, 6.07) is 2.06. The summed E-state index contributed by atoms with van der Waals surface area (Å²) < 4.78 is 66.5. The van der Waals surface area contributed by atoms with Gasteiger partial charge in [-0.1, -0.05) is 0 Å². The predicted molar refractivity (Wildman–Crippen MR) is 79.8 cm³/mol. The van der Waals surface area contributed by atoms with Crippen LogP contribution in [0.1, 0.15) is 18.0 Å². The Morgan fingerprint density at radius 1 is 1.21 bits per heavy atom. The van der Waals surface area contributed by atoms with Crippen LogP contribution in [0, 0.1) is 0 Å². The number of halogens is 6. The van der Waals surface area contributed by atoms with Crippen molar-refractivity contribution in [2.75, 3.05) is 26.2 Å². The number of phenols is 1. The Labute approximate surface area is 142 Å². The summed E-state index contributed by atoms with van der Waals surface area (Å²) in [5.41, 5.74) is 0.00829. The van der Waals surface area contributed by atoms with Crippen LogP contribution in [-0.4, -0.2) is 49.0 Å². The Hall–Kier alpha value is -1.32. The number of nitrogens with one attached hydrogen (secondary N) is 1. The lowest BCUT2D eigenvalue weighted by atomic mass is 10.00. The van der Waals surface area contributed by atoms with Crippen LogP contribution in [0.15, 0.2) is 18.2 Å². The van der Waals surface area contributed by atoms with E-state index in [0.29, 0.717) is 26.2 Å². The highest BCUT2D eigenvalue weighted by atomic mass is 35.5. The number of piperazine rings is 1. The van der Waals surface area contributed by atoms with Crippen molar-refractivity contribution in [3.05, 3.63) is 23.8 Å². The molecule has 0 bridgehead atoms. The van der Waals surface area contributed by atoms with E-state index in [1.54, 1.807) is 4.90 Å². The molecule has 1 fully saturated rings. The maximum Gasteiger partial charge on any atom is 0.573 e. The molecule has 1 aliphatic heterocycles. The highest BCUT2D eigenvalue weighted by molar-refractivity contribution is 5.85. The van der Waals surface area contributed by atoms with Gasteiger partial charge in [-0.25, -0.2) is 8.78 Å². The fourth-order valence-electron chi connectivity index (χ4n) is 2.63. The van der Waals surface area contributed by atoms with Crippen molar-refractivity contribution in [2.24, 2.45) is 0 Å². The normalized spacial score (nSPS) is 17.4. The van der Waals surface area contributed by atoms with Gasteiger partial charge in [-0.05, 0) is 18.2 Å². The Kier molecular flexibility index (Phi) is 7.50. The van der Waals surface area contributed by atoms with Crippen molar-refractivity contribution in [1.82, 2.24) is 10.2 Å². The fourth-order valence-corrected chi connectivity index (χ4v) is 2.63. The minimum Gasteiger partial charge on any atom is -0.508 e. The number of rotatable bonds is 5. The first-order valence-electron chi connectivity index (χ1n) is 7.08. The first-order chi connectivity index (χ1) is 10.8. The number of nitrogens with zero attached hydrogens (tertiary/aromatic N) is 1. The zero-order valence-corrected chi connectivity index (χ0v) is 13.3. The van der Waals surface area contributed by atoms with E-state index in [-0.39, 0.29) is 23.7 Å². The highest BCUT2D eigenvalue weighted by Crippen LogP contribution is 2.37. The van der Waals surface area contributed by atoms with E-state index in [9.17, 15) is 27.1 Å². The number of aromatic hydroxyl groups is 1. The topological polar surface area (TPSA) is 44.7 Å². The van der Waals surface area contributed by atoms with E-state index in [4.69, 9.17) is 0 Å². The third-order valence-electron chi connectivity index (χ3n) is 3.59. The van der Waals surface area contributed by atoms with E-state index in [0.717, 1.165) is 18.2 Å². The molecule has 2 N–H and O–H groups in total. The Morgan fingerprint density at radius 2 is 1.83 bits per heavy atom. The molecule has 1 saturated heterocycles. The van der Waals surface area contributed by atoms with Crippen LogP contribution in [0.3, 0.4) is 0 Å². The van der Waals surface area contributed by atoms with Crippen molar-refractivity contribution >= 4 is 12.4 Å². The number of phenolic OH excluding ortho intramolecular Hbond substituents is 1. The second-order valence-electron chi connectivity index (χ2n) is 5.20. The maximum atomic E-state index is 12.9. The van der Waals surface area contributed by atoms with Gasteiger partial charge in [-0.15, -0.1) is 25.6 Å². The molecule has 1 aromatic rings. The molecule has 0 amide bonds. The van der Waals surface area contributed by atoms with Crippen LogP contribution in [0.2, 0.25) is 0 Å². The number of benzene rings is 1. The van der Waals surface area contributed by atoms with Gasteiger partial charge in [0.05, 0.1) is 0 Å². The molecule has 1 aliphatic rings. The lowest BCUT2D eigenvalue weighted by Crippen LogP contribution is -2.45. The molecule has 0 spiro atoms. The third kappa shape index (κ3) is 5.95. The van der Waals surface area contributed by atoms with Gasteiger partial charge < -0.3 is 15.2 Å². The first kappa shape index (κ1) is 20.7. The molecule has 0 radical (unpaired) electrons. The second-order valence-corrected chi connectivity index (χ2v) is 5.20. The minimum absolute atomic E-state index is 0. The third-order valence-corrected chi connectivity index (χ3v) is 3.59. The zero-order valence-electron chi connectivity index (χ0n) is 12.5. The van der Waals surface area contributed by atoms with Gasteiger partial charge in [0.25, 0.3) is 0 Å². The van der Waals surface area contributed by atoms with Crippen molar-refractivity contribution in [3.8, 4) is 11.5 Å². The van der Waals surface area contributed by atoms with E-state index in [2.05, 4.69) is 10.1 Å². The molecule has 138 valence electrons. The molecule has 0 aliphatic carbocycles. The standard InChI is InChI=1S/C14H17F5N2O2.ClH/c15-13(16)8-11(21-5-3-20-4-6-21)10-7-9(1-2-12(10)22)23-14(17,18)19;/h1-2,7,11,13,20,22H,3-6,8H2;1H/t11-;/m0./s1. The highest BCUT2D eigenvalue weighted by Gasteiger charge is 2.33. The average molecular weight is 377 g/mol. The van der Waals surface area contributed by atoms with Gasteiger partial charge in [0.2, 0.25) is 6.43 Å². The van der Waals surface area contributed by atoms with Crippen molar-refractivity contribution < 1.29 is 31.8 Å². The molecule has 0 unspecified atom stereocenters.